The van der Waals surface area contributed by atoms with E-state index in [0.29, 0.717) is 0 Å². The van der Waals surface area contributed by atoms with Crippen LogP contribution in [0.5, 0.6) is 0 Å². The van der Waals surface area contributed by atoms with Crippen molar-refractivity contribution in [1.82, 2.24) is 0 Å². The highest BCUT2D eigenvalue weighted by Crippen LogP contribution is 2.37. The maximum Gasteiger partial charge on any atom is 0.136 e. The largest absolute Gasteiger partial charge is 0.456 e. The van der Waals surface area contributed by atoms with Gasteiger partial charge < -0.3 is 4.42 Å². The van der Waals surface area contributed by atoms with Gasteiger partial charge in [0.15, 0.2) is 0 Å². The van der Waals surface area contributed by atoms with Gasteiger partial charge in [-0.25, -0.2) is 0 Å². The summed E-state index contributed by atoms with van der Waals surface area (Å²) in [6.07, 6.45) is 24.2. The van der Waals surface area contributed by atoms with Gasteiger partial charge in [0.1, 0.15) is 11.2 Å². The Morgan fingerprint density at radius 1 is 0.327 bits per heavy atom. The van der Waals surface area contributed by atoms with Crippen LogP contribution in [0.25, 0.3) is 65.0 Å². The molecule has 0 unspecified atom stereocenters. The quantitative estimate of drug-likeness (QED) is 0.0666. The van der Waals surface area contributed by atoms with Gasteiger partial charge in [-0.2, -0.15) is 0 Å². The highest BCUT2D eigenvalue weighted by atomic mass is 16.3. The lowest BCUT2D eigenvalue weighted by atomic mass is 9.97. The van der Waals surface area contributed by atoms with E-state index in [0.717, 1.165) is 11.2 Å². The number of hydrogen-bond acceptors (Lipinski definition) is 1. The van der Waals surface area contributed by atoms with Crippen molar-refractivity contribution in [1.29, 1.82) is 0 Å². The molecule has 1 nitrogen and oxygen atoms in total. The number of furan rings is 1. The first kappa shape index (κ1) is 33.6. The molecule has 1 heterocycles. The van der Waals surface area contributed by atoms with Gasteiger partial charge in [-0.05, 0) is 128 Å². The molecule has 6 aromatic carbocycles. The molecule has 0 saturated heterocycles. The van der Waals surface area contributed by atoms with Crippen molar-refractivity contribution in [3.8, 4) is 0 Å². The molecule has 0 saturated carbocycles. The van der Waals surface area contributed by atoms with Gasteiger partial charge in [0, 0.05) is 10.8 Å². The van der Waals surface area contributed by atoms with Crippen molar-refractivity contribution in [2.75, 3.05) is 0 Å². The Morgan fingerprint density at radius 2 is 0.673 bits per heavy atom. The summed E-state index contributed by atoms with van der Waals surface area (Å²) in [5, 5.41) is 12.8. The van der Waals surface area contributed by atoms with Crippen LogP contribution in [0.1, 0.15) is 128 Å². The summed E-state index contributed by atoms with van der Waals surface area (Å²) >= 11 is 0. The Labute approximate surface area is 294 Å². The molecular weight excluding hydrogens is 593 g/mol. The van der Waals surface area contributed by atoms with Gasteiger partial charge >= 0.3 is 0 Å². The molecule has 254 valence electrons. The van der Waals surface area contributed by atoms with Crippen LogP contribution in [-0.4, -0.2) is 0 Å². The van der Waals surface area contributed by atoms with Crippen LogP contribution in [0.4, 0.5) is 0 Å². The lowest BCUT2D eigenvalue weighted by Crippen LogP contribution is -1.87. The lowest BCUT2D eigenvalue weighted by molar-refractivity contribution is 0.575. The first-order chi connectivity index (χ1) is 24.2. The Hall–Kier alpha value is -3.84. The highest BCUT2D eigenvalue weighted by molar-refractivity contribution is 6.15. The van der Waals surface area contributed by atoms with Gasteiger partial charge in [-0.3, -0.25) is 0 Å². The second-order valence-electron chi connectivity index (χ2n) is 15.0. The predicted molar refractivity (Wildman–Crippen MR) is 216 cm³/mol. The zero-order chi connectivity index (χ0) is 33.4. The molecule has 0 aliphatic rings. The second kappa shape index (κ2) is 16.2. The molecule has 0 radical (unpaired) electrons. The molecule has 0 spiro atoms. The van der Waals surface area contributed by atoms with E-state index in [4.69, 9.17) is 4.42 Å². The number of unbranched alkanes of at least 4 members (excludes halogenated alkanes) is 14. The van der Waals surface area contributed by atoms with Crippen LogP contribution >= 0.6 is 0 Å². The SMILES string of the molecule is CCCCCCCCCCc1ccc2cc3cc4oc5cc6cc7ccc(CCCCCCCCCC)cc7cc6cc5c4cc3cc2c1. The molecule has 7 rings (SSSR count). The average Bonchev–Trinajstić information content (AvgIpc) is 3.45. The van der Waals surface area contributed by atoms with Crippen LogP contribution in [0.3, 0.4) is 0 Å². The summed E-state index contributed by atoms with van der Waals surface area (Å²) < 4.78 is 6.51. The van der Waals surface area contributed by atoms with E-state index >= 15 is 0 Å². The number of hydrogen-bond donors (Lipinski definition) is 0. The molecule has 0 N–H and O–H groups in total. The number of fused-ring (bicyclic) bond motifs is 7. The number of rotatable bonds is 18. The van der Waals surface area contributed by atoms with Crippen molar-refractivity contribution in [3.63, 3.8) is 0 Å². The van der Waals surface area contributed by atoms with Gasteiger partial charge in [-0.15, -0.1) is 0 Å². The maximum absolute atomic E-state index is 6.51. The summed E-state index contributed by atoms with van der Waals surface area (Å²) in [6, 6.07) is 32.8. The smallest absolute Gasteiger partial charge is 0.136 e. The number of benzene rings is 6. The lowest BCUT2D eigenvalue weighted by Gasteiger charge is -2.07. The first-order valence-corrected chi connectivity index (χ1v) is 19.9. The Morgan fingerprint density at radius 3 is 1.10 bits per heavy atom. The Bertz CT molecular complexity index is 2010. The van der Waals surface area contributed by atoms with E-state index in [2.05, 4.69) is 98.8 Å². The molecule has 1 heteroatoms. The van der Waals surface area contributed by atoms with Crippen LogP contribution in [0.15, 0.2) is 89.3 Å². The third kappa shape index (κ3) is 8.15. The van der Waals surface area contributed by atoms with Crippen molar-refractivity contribution in [3.05, 3.63) is 96.1 Å². The zero-order valence-corrected chi connectivity index (χ0v) is 30.2. The van der Waals surface area contributed by atoms with Crippen molar-refractivity contribution >= 4 is 65.0 Å². The van der Waals surface area contributed by atoms with E-state index in [1.807, 2.05) is 0 Å². The van der Waals surface area contributed by atoms with Crippen LogP contribution in [0.2, 0.25) is 0 Å². The molecule has 0 aliphatic carbocycles. The van der Waals surface area contributed by atoms with Crippen molar-refractivity contribution in [2.24, 2.45) is 0 Å². The second-order valence-corrected chi connectivity index (χ2v) is 15.0. The monoisotopic (exact) mass is 648 g/mol. The van der Waals surface area contributed by atoms with Gasteiger partial charge in [0.05, 0.1) is 0 Å². The molecule has 0 bridgehead atoms. The molecule has 1 aromatic heterocycles. The minimum atomic E-state index is 0.973. The molecule has 7 aromatic rings. The summed E-state index contributed by atoms with van der Waals surface area (Å²) in [5.74, 6) is 0. The van der Waals surface area contributed by atoms with E-state index in [9.17, 15) is 0 Å². The third-order valence-electron chi connectivity index (χ3n) is 11.1. The maximum atomic E-state index is 6.51. The summed E-state index contributed by atoms with van der Waals surface area (Å²) in [4.78, 5) is 0. The summed E-state index contributed by atoms with van der Waals surface area (Å²) in [5.41, 5.74) is 4.88. The van der Waals surface area contributed by atoms with Crippen LogP contribution in [-0.2, 0) is 12.8 Å². The van der Waals surface area contributed by atoms with Crippen molar-refractivity contribution < 1.29 is 4.42 Å². The first-order valence-electron chi connectivity index (χ1n) is 19.9. The fraction of sp³-hybridized carbons (Fsp3) is 0.417. The average molecular weight is 649 g/mol. The van der Waals surface area contributed by atoms with Crippen molar-refractivity contribution in [2.45, 2.75) is 129 Å². The Balaban J connectivity index is 1.08. The van der Waals surface area contributed by atoms with Gasteiger partial charge in [0.2, 0.25) is 0 Å². The van der Waals surface area contributed by atoms with Gasteiger partial charge in [-0.1, -0.05) is 140 Å². The summed E-state index contributed by atoms with van der Waals surface area (Å²) in [7, 11) is 0. The van der Waals surface area contributed by atoms with E-state index in [1.165, 1.54) is 181 Å². The minimum Gasteiger partial charge on any atom is -0.456 e. The molecule has 0 aliphatic heterocycles. The third-order valence-corrected chi connectivity index (χ3v) is 11.1. The minimum absolute atomic E-state index is 0.973. The predicted octanol–water partition coefficient (Wildman–Crippen LogP) is 15.6. The normalized spacial score (nSPS) is 12.1. The van der Waals surface area contributed by atoms with E-state index in [-0.39, 0.29) is 0 Å². The molecule has 49 heavy (non-hydrogen) atoms. The molecular formula is C48H56O. The summed E-state index contributed by atoms with van der Waals surface area (Å²) in [6.45, 7) is 4.59. The van der Waals surface area contributed by atoms with E-state index < -0.39 is 0 Å². The fourth-order valence-electron chi connectivity index (χ4n) is 8.10. The molecule has 0 amide bonds. The number of aryl methyl sites for hydroxylation is 2. The standard InChI is InChI=1S/C48H56O/c1-3-5-7-9-11-13-15-17-19-35-21-23-37-27-43-33-47-45(31-41(43)29-39(37)25-35)46-32-42-30-40-26-36(20-18-16-14-12-10-8-6-4-2)22-24-38(40)28-44(42)34-48(46)49-47/h21-34H,3-20H2,1-2H3. The van der Waals surface area contributed by atoms with Crippen LogP contribution < -0.4 is 0 Å². The topological polar surface area (TPSA) is 13.1 Å². The van der Waals surface area contributed by atoms with Gasteiger partial charge in [0.25, 0.3) is 0 Å². The fourth-order valence-corrected chi connectivity index (χ4v) is 8.10. The molecule has 0 fully saturated rings. The zero-order valence-electron chi connectivity index (χ0n) is 30.2. The highest BCUT2D eigenvalue weighted by Gasteiger charge is 2.12. The van der Waals surface area contributed by atoms with E-state index in [1.54, 1.807) is 0 Å². The molecule has 0 atom stereocenters. The Kier molecular flexibility index (Phi) is 11.2. The van der Waals surface area contributed by atoms with Crippen LogP contribution in [0, 0.1) is 0 Å².